The highest BCUT2D eigenvalue weighted by Crippen LogP contribution is 2.35. The molecule has 2 unspecified atom stereocenters. The molecule has 2 atom stereocenters. The fourth-order valence-corrected chi connectivity index (χ4v) is 3.75. The van der Waals surface area contributed by atoms with Crippen molar-refractivity contribution in [3.8, 4) is 10.7 Å². The van der Waals surface area contributed by atoms with Gasteiger partial charge in [-0.3, -0.25) is 4.90 Å². The molecule has 2 aromatic heterocycles. The van der Waals surface area contributed by atoms with Crippen LogP contribution in [0.5, 0.6) is 0 Å². The minimum atomic E-state index is 0.435. The van der Waals surface area contributed by atoms with E-state index < -0.39 is 0 Å². The minimum Gasteiger partial charge on any atom is -0.375 e. The van der Waals surface area contributed by atoms with Gasteiger partial charge in [-0.25, -0.2) is 0 Å². The molecule has 0 radical (unpaired) electrons. The lowest BCUT2D eigenvalue weighted by Gasteiger charge is -2.24. The van der Waals surface area contributed by atoms with Crippen LogP contribution in [0.3, 0.4) is 0 Å². The Bertz CT molecular complexity index is 599. The van der Waals surface area contributed by atoms with E-state index in [1.54, 1.807) is 11.3 Å². The van der Waals surface area contributed by atoms with E-state index in [0.717, 1.165) is 34.8 Å². The molecule has 4 rings (SSSR count). The van der Waals surface area contributed by atoms with Crippen molar-refractivity contribution in [1.29, 1.82) is 0 Å². The normalized spacial score (nSPS) is 26.4. The third-order valence-corrected chi connectivity index (χ3v) is 5.10. The molecule has 100 valence electrons. The van der Waals surface area contributed by atoms with Crippen LogP contribution in [-0.2, 0) is 11.3 Å². The summed E-state index contributed by atoms with van der Waals surface area (Å²) in [6.45, 7) is 2.48. The van der Waals surface area contributed by atoms with E-state index in [2.05, 4.69) is 31.0 Å². The van der Waals surface area contributed by atoms with Crippen LogP contribution in [0, 0.1) is 0 Å². The van der Waals surface area contributed by atoms with Gasteiger partial charge in [0.15, 0.2) is 0 Å². The van der Waals surface area contributed by atoms with Gasteiger partial charge in [0.1, 0.15) is 0 Å². The van der Waals surface area contributed by atoms with Crippen LogP contribution in [0.2, 0.25) is 0 Å². The third-order valence-electron chi connectivity index (χ3n) is 3.48. The van der Waals surface area contributed by atoms with Crippen molar-refractivity contribution >= 4 is 27.3 Å². The molecule has 0 spiro atoms. The zero-order chi connectivity index (χ0) is 12.8. The lowest BCUT2D eigenvalue weighted by atomic mass is 10.4. The number of halogens is 1. The first kappa shape index (κ1) is 12.0. The monoisotopic (exact) mass is 341 g/mol. The Kier molecular flexibility index (Phi) is 2.95. The van der Waals surface area contributed by atoms with Gasteiger partial charge in [0.05, 0.1) is 27.9 Å². The summed E-state index contributed by atoms with van der Waals surface area (Å²) in [4.78, 5) is 7.86. The van der Waals surface area contributed by atoms with Gasteiger partial charge in [0.2, 0.25) is 11.7 Å². The second-order valence-corrected chi connectivity index (χ2v) is 7.26. The van der Waals surface area contributed by atoms with E-state index in [9.17, 15) is 0 Å². The first-order valence-corrected chi connectivity index (χ1v) is 7.84. The number of fused-ring (bicyclic) bond motifs is 1. The molecule has 1 aliphatic carbocycles. The van der Waals surface area contributed by atoms with Gasteiger partial charge in [-0.05, 0) is 34.5 Å². The largest absolute Gasteiger partial charge is 0.375 e. The van der Waals surface area contributed by atoms with Crippen molar-refractivity contribution in [2.45, 2.75) is 25.1 Å². The van der Waals surface area contributed by atoms with Crippen LogP contribution in [0.4, 0.5) is 0 Å². The molecular formula is C12H12BrN3O2S. The van der Waals surface area contributed by atoms with Gasteiger partial charge in [0, 0.05) is 12.6 Å². The Morgan fingerprint density at radius 1 is 1.47 bits per heavy atom. The van der Waals surface area contributed by atoms with Gasteiger partial charge >= 0.3 is 0 Å². The Hall–Kier alpha value is -0.760. The zero-order valence-corrected chi connectivity index (χ0v) is 12.5. The fourth-order valence-electron chi connectivity index (χ4n) is 2.43. The van der Waals surface area contributed by atoms with Crippen molar-refractivity contribution in [3.05, 3.63) is 21.8 Å². The predicted molar refractivity (Wildman–Crippen MR) is 73.9 cm³/mol. The summed E-state index contributed by atoms with van der Waals surface area (Å²) in [6.07, 6.45) is 1.57. The number of hydrogen-bond donors (Lipinski definition) is 0. The van der Waals surface area contributed by atoms with E-state index in [-0.39, 0.29) is 0 Å². The molecule has 2 fully saturated rings. The molecule has 7 heteroatoms. The number of thiophene rings is 1. The van der Waals surface area contributed by atoms with Gasteiger partial charge in [-0.1, -0.05) is 5.16 Å². The Balaban J connectivity index is 1.49. The van der Waals surface area contributed by atoms with Gasteiger partial charge in [-0.2, -0.15) is 4.98 Å². The van der Waals surface area contributed by atoms with Gasteiger partial charge in [-0.15, -0.1) is 11.3 Å². The molecule has 1 aliphatic heterocycles. The number of aromatic nitrogens is 2. The number of nitrogens with zero attached hydrogens (tertiary/aromatic N) is 3. The van der Waals surface area contributed by atoms with Crippen molar-refractivity contribution in [2.75, 3.05) is 13.2 Å². The minimum absolute atomic E-state index is 0.435. The van der Waals surface area contributed by atoms with Crippen LogP contribution in [-0.4, -0.2) is 40.3 Å². The van der Waals surface area contributed by atoms with E-state index in [1.807, 2.05) is 12.1 Å². The second kappa shape index (κ2) is 4.66. The summed E-state index contributed by atoms with van der Waals surface area (Å²) in [5.41, 5.74) is 0. The molecule has 1 saturated heterocycles. The standard InChI is InChI=1S/C12H12BrN3O2S/c13-10-2-1-9(19-10)12-14-11(18-15-12)6-16-3-4-17-8-5-7(8)16/h1-2,7-8H,3-6H2. The Morgan fingerprint density at radius 2 is 2.42 bits per heavy atom. The summed E-state index contributed by atoms with van der Waals surface area (Å²) in [5, 5.41) is 4.05. The van der Waals surface area contributed by atoms with Crippen molar-refractivity contribution in [2.24, 2.45) is 0 Å². The Morgan fingerprint density at radius 3 is 3.26 bits per heavy atom. The SMILES string of the molecule is Brc1ccc(-c2noc(CN3CCOC4CC43)n2)s1. The molecule has 2 aromatic rings. The van der Waals surface area contributed by atoms with E-state index in [0.29, 0.717) is 23.9 Å². The first-order valence-electron chi connectivity index (χ1n) is 6.23. The lowest BCUT2D eigenvalue weighted by Crippen LogP contribution is -2.36. The topological polar surface area (TPSA) is 51.4 Å². The van der Waals surface area contributed by atoms with E-state index >= 15 is 0 Å². The van der Waals surface area contributed by atoms with Crippen molar-refractivity contribution in [3.63, 3.8) is 0 Å². The molecule has 0 N–H and O–H groups in total. The lowest BCUT2D eigenvalue weighted by molar-refractivity contribution is 0.0238. The van der Waals surface area contributed by atoms with E-state index in [1.165, 1.54) is 0 Å². The molecule has 0 bridgehead atoms. The highest BCUT2D eigenvalue weighted by Gasteiger charge is 2.45. The first-order chi connectivity index (χ1) is 9.29. The summed E-state index contributed by atoms with van der Waals surface area (Å²) in [7, 11) is 0. The average Bonchev–Trinajstić information content (AvgIpc) is 2.85. The Labute approximate surface area is 122 Å². The highest BCUT2D eigenvalue weighted by atomic mass is 79.9. The number of ether oxygens (including phenoxy) is 1. The molecule has 2 aliphatic rings. The van der Waals surface area contributed by atoms with Crippen LogP contribution >= 0.6 is 27.3 Å². The molecule has 1 saturated carbocycles. The van der Waals surface area contributed by atoms with Crippen LogP contribution in [0.25, 0.3) is 10.7 Å². The summed E-state index contributed by atoms with van der Waals surface area (Å²) in [6, 6.07) is 4.54. The maximum absolute atomic E-state index is 5.59. The molecule has 0 amide bonds. The molecule has 19 heavy (non-hydrogen) atoms. The van der Waals surface area contributed by atoms with Crippen LogP contribution in [0.15, 0.2) is 20.4 Å². The number of morpholine rings is 1. The van der Waals surface area contributed by atoms with Gasteiger partial charge in [0.25, 0.3) is 0 Å². The van der Waals surface area contributed by atoms with Crippen LogP contribution in [0.1, 0.15) is 12.3 Å². The van der Waals surface area contributed by atoms with Crippen molar-refractivity contribution < 1.29 is 9.26 Å². The highest BCUT2D eigenvalue weighted by molar-refractivity contribution is 9.11. The maximum Gasteiger partial charge on any atom is 0.241 e. The predicted octanol–water partition coefficient (Wildman–Crippen LogP) is 2.53. The molecule has 0 aromatic carbocycles. The van der Waals surface area contributed by atoms with E-state index in [4.69, 9.17) is 9.26 Å². The third kappa shape index (κ3) is 2.35. The quantitative estimate of drug-likeness (QED) is 0.858. The number of rotatable bonds is 3. The van der Waals surface area contributed by atoms with Gasteiger partial charge < -0.3 is 9.26 Å². The maximum atomic E-state index is 5.59. The molecule has 5 nitrogen and oxygen atoms in total. The van der Waals surface area contributed by atoms with Crippen molar-refractivity contribution in [1.82, 2.24) is 15.0 Å². The summed E-state index contributed by atoms with van der Waals surface area (Å²) in [5.74, 6) is 1.36. The smallest absolute Gasteiger partial charge is 0.241 e. The summed E-state index contributed by atoms with van der Waals surface area (Å²) >= 11 is 5.05. The van der Waals surface area contributed by atoms with Crippen LogP contribution < -0.4 is 0 Å². The summed E-state index contributed by atoms with van der Waals surface area (Å²) < 4.78 is 12.0. The molecular weight excluding hydrogens is 330 g/mol. The zero-order valence-electron chi connectivity index (χ0n) is 10.1. The number of hydrogen-bond acceptors (Lipinski definition) is 6. The fraction of sp³-hybridized carbons (Fsp3) is 0.500. The average molecular weight is 342 g/mol. The molecule has 3 heterocycles. The second-order valence-electron chi connectivity index (χ2n) is 4.80.